The van der Waals surface area contributed by atoms with Crippen LogP contribution in [-0.2, 0) is 22.4 Å². The molecule has 0 radical (unpaired) electrons. The molecule has 3 aromatic rings. The third-order valence-corrected chi connectivity index (χ3v) is 5.08. The van der Waals surface area contributed by atoms with Crippen LogP contribution in [0.2, 0.25) is 0 Å². The monoisotopic (exact) mass is 395 g/mol. The van der Waals surface area contributed by atoms with Gasteiger partial charge in [0.1, 0.15) is 5.82 Å². The van der Waals surface area contributed by atoms with E-state index in [0.29, 0.717) is 25.5 Å². The van der Waals surface area contributed by atoms with Gasteiger partial charge in [-0.15, -0.1) is 0 Å². The minimum absolute atomic E-state index is 0.160. The normalized spacial score (nSPS) is 20.4. The van der Waals surface area contributed by atoms with Crippen molar-refractivity contribution in [3.8, 4) is 0 Å². The summed E-state index contributed by atoms with van der Waals surface area (Å²) in [6, 6.07) is 11.0. The highest BCUT2D eigenvalue weighted by Gasteiger charge is 2.21. The van der Waals surface area contributed by atoms with Gasteiger partial charge in [0.2, 0.25) is 0 Å². The summed E-state index contributed by atoms with van der Waals surface area (Å²) in [6.45, 7) is 3.52. The summed E-state index contributed by atoms with van der Waals surface area (Å²) in [7, 11) is 1.67. The van der Waals surface area contributed by atoms with Gasteiger partial charge in [-0.2, -0.15) is 5.10 Å². The van der Waals surface area contributed by atoms with Gasteiger partial charge in [-0.05, 0) is 18.6 Å². The van der Waals surface area contributed by atoms with Crippen LogP contribution < -0.4 is 10.6 Å². The zero-order valence-corrected chi connectivity index (χ0v) is 16.6. The molecule has 1 aliphatic heterocycles. The van der Waals surface area contributed by atoms with Crippen LogP contribution in [0, 0.1) is 0 Å². The Morgan fingerprint density at radius 3 is 2.86 bits per heavy atom. The molecule has 0 spiro atoms. The number of amides is 2. The number of aryl methyl sites for hydroxylation is 1. The van der Waals surface area contributed by atoms with E-state index >= 15 is 0 Å². The molecule has 152 valence electrons. The maximum atomic E-state index is 12.6. The van der Waals surface area contributed by atoms with Crippen LogP contribution in [0.4, 0.5) is 10.6 Å². The molecule has 3 heterocycles. The molecule has 1 aromatic carbocycles. The van der Waals surface area contributed by atoms with Gasteiger partial charge >= 0.3 is 6.03 Å². The largest absolute Gasteiger partial charge is 0.379 e. The predicted octanol–water partition coefficient (Wildman–Crippen LogP) is 2.90. The molecule has 29 heavy (non-hydrogen) atoms. The molecule has 2 aromatic heterocycles. The number of anilines is 1. The number of pyridine rings is 1. The second-order valence-corrected chi connectivity index (χ2v) is 7.01. The van der Waals surface area contributed by atoms with Crippen molar-refractivity contribution < 1.29 is 14.3 Å². The summed E-state index contributed by atoms with van der Waals surface area (Å²) in [4.78, 5) is 17.3. The Bertz CT molecular complexity index is 989. The number of urea groups is 1. The Hall–Kier alpha value is -2.97. The van der Waals surface area contributed by atoms with Gasteiger partial charge in [0, 0.05) is 25.5 Å². The number of nitrogens with zero attached hydrogens (tertiary/aromatic N) is 3. The highest BCUT2D eigenvalue weighted by atomic mass is 16.5. The highest BCUT2D eigenvalue weighted by molar-refractivity contribution is 5.92. The van der Waals surface area contributed by atoms with Crippen molar-refractivity contribution in [2.24, 2.45) is 0 Å². The van der Waals surface area contributed by atoms with E-state index in [4.69, 9.17) is 14.5 Å². The first kappa shape index (κ1) is 19.4. The average Bonchev–Trinajstić information content (AvgIpc) is 3.15. The number of hydrogen-bond donors (Lipinski definition) is 2. The Morgan fingerprint density at radius 2 is 2.10 bits per heavy atom. The third kappa shape index (κ3) is 4.23. The molecule has 2 atom stereocenters. The fourth-order valence-electron chi connectivity index (χ4n) is 3.61. The van der Waals surface area contributed by atoms with E-state index in [0.717, 1.165) is 28.7 Å². The number of nitrogens with one attached hydrogen (secondary N) is 2. The SMILES string of the molecule is CCn1ncc2cc3nc(c21)CC(OC)COCC(c1ccccc1)NC(=O)N3. The van der Waals surface area contributed by atoms with E-state index < -0.39 is 0 Å². The van der Waals surface area contributed by atoms with Gasteiger partial charge in [-0.1, -0.05) is 30.3 Å². The molecular weight excluding hydrogens is 370 g/mol. The van der Waals surface area contributed by atoms with Crippen molar-refractivity contribution in [3.63, 3.8) is 0 Å². The van der Waals surface area contributed by atoms with Gasteiger partial charge in [0.05, 0.1) is 42.8 Å². The Balaban J connectivity index is 1.70. The smallest absolute Gasteiger partial charge is 0.320 e. The fraction of sp³-hybridized carbons (Fsp3) is 0.381. The molecule has 0 saturated heterocycles. The summed E-state index contributed by atoms with van der Waals surface area (Å²) in [5.74, 6) is 0.490. The minimum Gasteiger partial charge on any atom is -0.379 e. The summed E-state index contributed by atoms with van der Waals surface area (Å²) in [5.41, 5.74) is 2.76. The number of ether oxygens (including phenoxy) is 2. The number of benzene rings is 1. The van der Waals surface area contributed by atoms with Crippen molar-refractivity contribution in [3.05, 3.63) is 53.9 Å². The van der Waals surface area contributed by atoms with Crippen molar-refractivity contribution in [2.45, 2.75) is 32.0 Å². The number of fused-ring (bicyclic) bond motifs is 4. The van der Waals surface area contributed by atoms with Gasteiger partial charge in [-0.3, -0.25) is 10.00 Å². The van der Waals surface area contributed by atoms with E-state index in [1.165, 1.54) is 0 Å². The molecule has 8 heteroatoms. The molecule has 4 rings (SSSR count). The number of rotatable bonds is 3. The number of hydrogen-bond acceptors (Lipinski definition) is 5. The number of methoxy groups -OCH3 is 1. The lowest BCUT2D eigenvalue weighted by Crippen LogP contribution is -2.36. The van der Waals surface area contributed by atoms with Crippen molar-refractivity contribution in [1.29, 1.82) is 0 Å². The van der Waals surface area contributed by atoms with Gasteiger partial charge in [-0.25, -0.2) is 9.78 Å². The number of carbonyl (C=O) groups excluding carboxylic acids is 1. The molecule has 2 amide bonds. The quantitative estimate of drug-likeness (QED) is 0.712. The molecule has 0 fully saturated rings. The fourth-order valence-corrected chi connectivity index (χ4v) is 3.61. The summed E-state index contributed by atoms with van der Waals surface area (Å²) >= 11 is 0. The summed E-state index contributed by atoms with van der Waals surface area (Å²) in [5, 5.41) is 11.2. The molecule has 1 aliphatic rings. The van der Waals surface area contributed by atoms with E-state index in [-0.39, 0.29) is 18.2 Å². The lowest BCUT2D eigenvalue weighted by atomic mass is 10.1. The first-order valence-electron chi connectivity index (χ1n) is 9.76. The van der Waals surface area contributed by atoms with Crippen LogP contribution in [-0.4, -0.2) is 47.2 Å². The molecule has 2 bridgehead atoms. The average molecular weight is 395 g/mol. The summed E-state index contributed by atoms with van der Waals surface area (Å²) < 4.78 is 13.5. The molecular formula is C21H25N5O3. The van der Waals surface area contributed by atoms with Gasteiger partial charge < -0.3 is 14.8 Å². The Morgan fingerprint density at radius 1 is 1.28 bits per heavy atom. The Kier molecular flexibility index (Phi) is 5.73. The van der Waals surface area contributed by atoms with Crippen LogP contribution >= 0.6 is 0 Å². The van der Waals surface area contributed by atoms with Crippen molar-refractivity contribution in [2.75, 3.05) is 25.6 Å². The first-order chi connectivity index (χ1) is 14.2. The maximum absolute atomic E-state index is 12.6. The van der Waals surface area contributed by atoms with E-state index in [9.17, 15) is 4.79 Å². The zero-order valence-electron chi connectivity index (χ0n) is 16.6. The van der Waals surface area contributed by atoms with Crippen LogP contribution in [0.15, 0.2) is 42.6 Å². The highest BCUT2D eigenvalue weighted by Crippen LogP contribution is 2.24. The minimum atomic E-state index is -0.327. The van der Waals surface area contributed by atoms with Crippen molar-refractivity contribution in [1.82, 2.24) is 20.1 Å². The van der Waals surface area contributed by atoms with Crippen LogP contribution in [0.25, 0.3) is 10.9 Å². The topological polar surface area (TPSA) is 90.3 Å². The van der Waals surface area contributed by atoms with E-state index in [2.05, 4.69) is 15.7 Å². The van der Waals surface area contributed by atoms with E-state index in [1.54, 1.807) is 13.3 Å². The lowest BCUT2D eigenvalue weighted by Gasteiger charge is -2.23. The predicted molar refractivity (Wildman–Crippen MR) is 110 cm³/mol. The molecule has 2 unspecified atom stereocenters. The lowest BCUT2D eigenvalue weighted by molar-refractivity contribution is 0.00272. The molecule has 8 nitrogen and oxygen atoms in total. The second kappa shape index (κ2) is 8.59. The van der Waals surface area contributed by atoms with Gasteiger partial charge in [0.25, 0.3) is 0 Å². The first-order valence-corrected chi connectivity index (χ1v) is 9.76. The zero-order chi connectivity index (χ0) is 20.2. The Labute approximate surface area is 169 Å². The van der Waals surface area contributed by atoms with Crippen LogP contribution in [0.5, 0.6) is 0 Å². The van der Waals surface area contributed by atoms with E-state index in [1.807, 2.05) is 48.0 Å². The molecule has 0 aliphatic carbocycles. The standard InChI is InChI=1S/C21H25N5O3/c1-3-26-20-15(11-22-26)9-19-23-17(20)10-16(28-2)12-29-13-18(24-21(27)25-19)14-7-5-4-6-8-14/h4-9,11,16,18H,3,10,12-13H2,1-2H3,(H2,23,24,25,27). The van der Waals surface area contributed by atoms with Gasteiger partial charge in [0.15, 0.2) is 0 Å². The number of aromatic nitrogens is 3. The molecule has 0 saturated carbocycles. The van der Waals surface area contributed by atoms with Crippen LogP contribution in [0.1, 0.15) is 24.2 Å². The maximum Gasteiger partial charge on any atom is 0.320 e. The summed E-state index contributed by atoms with van der Waals surface area (Å²) in [6.07, 6.45) is 2.20. The van der Waals surface area contributed by atoms with Crippen LogP contribution in [0.3, 0.4) is 0 Å². The molecule has 2 N–H and O–H groups in total. The number of carbonyl (C=O) groups is 1. The van der Waals surface area contributed by atoms with Crippen molar-refractivity contribution >= 4 is 22.8 Å². The second-order valence-electron chi connectivity index (χ2n) is 7.01. The third-order valence-electron chi connectivity index (χ3n) is 5.08.